The summed E-state index contributed by atoms with van der Waals surface area (Å²) in [4.78, 5) is 60.3. The summed E-state index contributed by atoms with van der Waals surface area (Å²) in [5.41, 5.74) is 2.96. The maximum absolute atomic E-state index is 14.0. The van der Waals surface area contributed by atoms with E-state index in [1.807, 2.05) is 55.4 Å². The molecule has 6 aromatic rings. The molecule has 3 aromatic heterocycles. The number of aliphatic hydroxyl groups is 2. The van der Waals surface area contributed by atoms with Crippen LogP contribution in [-0.2, 0) is 4.79 Å². The van der Waals surface area contributed by atoms with Gasteiger partial charge in [0.2, 0.25) is 23.8 Å². The zero-order valence-electron chi connectivity index (χ0n) is 45.6. The topological polar surface area (TPSA) is 287 Å². The number of amides is 5. The molecule has 0 spiro atoms. The largest absolute Gasteiger partial charge is 0.494 e. The molecular formula is C54H70F3N15O6. The minimum absolute atomic E-state index is 0.0113. The van der Waals surface area contributed by atoms with Crippen molar-refractivity contribution in [3.8, 4) is 17.0 Å². The Morgan fingerprint density at radius 3 is 1.65 bits per heavy atom. The molecule has 0 unspecified atom stereocenters. The maximum Gasteiger partial charge on any atom is 0.319 e. The van der Waals surface area contributed by atoms with E-state index in [0.717, 1.165) is 30.8 Å². The van der Waals surface area contributed by atoms with Crippen molar-refractivity contribution in [1.82, 2.24) is 40.5 Å². The number of hydrogen-bond acceptors (Lipinski definition) is 16. The number of nitrogens with one attached hydrogen (secondary N) is 9. The number of benzene rings is 3. The van der Waals surface area contributed by atoms with Crippen LogP contribution in [0.5, 0.6) is 5.75 Å². The summed E-state index contributed by atoms with van der Waals surface area (Å²) in [5, 5.41) is 44.1. The van der Waals surface area contributed by atoms with Gasteiger partial charge in [-0.2, -0.15) is 9.97 Å². The Morgan fingerprint density at radius 1 is 0.667 bits per heavy atom. The van der Waals surface area contributed by atoms with Crippen LogP contribution < -0.4 is 52.6 Å². The standard InChI is InChI=1S/2C19H27FN6O2.C16H16FN3O2/c1-18(2,3)26-17(28)23-13-8-6-7-12(9-13)22-16-21-10-14(20)15(24-16)25-19(4,5)11-27;1-5-12(11-27)22-16-15(20)10-21-17(25-16)23-13-7-6-8-14(9-13)24-18(28)26-19(2,3)4;1-9-8-18-16(20-15(21)10-3-4-10)19-14(9)11-5-6-13(22-2)12(17)7-11/h6-10,27H,11H2,1-5H3,(H2,23,26,28)(H2,21,22,24,25);6-10,12,27H,5,11H2,1-4H3,(H2,24,26,28)(H2,21,22,23,25);5-8,10H,3-4H2,1-2H3,(H,18,19,20,21)/t;12-;/m.0./s1. The molecule has 21 nitrogen and oxygen atoms in total. The van der Waals surface area contributed by atoms with Gasteiger partial charge in [0.05, 0.1) is 50.0 Å². The van der Waals surface area contributed by atoms with E-state index in [1.165, 1.54) is 13.2 Å². The van der Waals surface area contributed by atoms with Crippen molar-refractivity contribution in [1.29, 1.82) is 0 Å². The number of carbonyl (C=O) groups is 3. The lowest BCUT2D eigenvalue weighted by Gasteiger charge is -2.24. The monoisotopic (exact) mass is 1080 g/mol. The minimum Gasteiger partial charge on any atom is -0.494 e. The van der Waals surface area contributed by atoms with Gasteiger partial charge in [0.1, 0.15) is 0 Å². The smallest absolute Gasteiger partial charge is 0.319 e. The maximum atomic E-state index is 14.0. The number of methoxy groups -OCH3 is 1. The van der Waals surface area contributed by atoms with Crippen molar-refractivity contribution in [2.24, 2.45) is 5.92 Å². The molecule has 11 N–H and O–H groups in total. The summed E-state index contributed by atoms with van der Waals surface area (Å²) in [6.07, 6.45) is 6.16. The predicted molar refractivity (Wildman–Crippen MR) is 297 cm³/mol. The van der Waals surface area contributed by atoms with Gasteiger partial charge in [0, 0.05) is 51.5 Å². The summed E-state index contributed by atoms with van der Waals surface area (Å²) in [6.45, 7) is 18.2. The van der Waals surface area contributed by atoms with Crippen LogP contribution in [0.3, 0.4) is 0 Å². The van der Waals surface area contributed by atoms with E-state index >= 15 is 0 Å². The first-order valence-corrected chi connectivity index (χ1v) is 25.0. The van der Waals surface area contributed by atoms with Gasteiger partial charge in [-0.25, -0.2) is 42.7 Å². The second kappa shape index (κ2) is 27.1. The first-order chi connectivity index (χ1) is 36.7. The molecule has 3 heterocycles. The van der Waals surface area contributed by atoms with E-state index in [-0.39, 0.29) is 89.5 Å². The van der Waals surface area contributed by atoms with Crippen LogP contribution in [0.15, 0.2) is 85.3 Å². The normalized spacial score (nSPS) is 12.5. The number of carbonyl (C=O) groups excluding carboxylic acids is 3. The SMILES string of the molecule is CC(C)(C)NC(=O)Nc1cccc(Nc2ncc(F)c(NC(C)(C)CO)n2)c1.CC[C@@H](CO)Nc1nc(Nc2cccc(NC(=O)NC(C)(C)C)c2)ncc1F.COc1ccc(-c2nc(NC(=O)C3CC3)ncc2C)cc1F. The summed E-state index contributed by atoms with van der Waals surface area (Å²) in [7, 11) is 1.42. The molecule has 3 aromatic carbocycles. The molecule has 0 aliphatic heterocycles. The first-order valence-electron chi connectivity index (χ1n) is 25.0. The van der Waals surface area contributed by atoms with Gasteiger partial charge in [0.25, 0.3) is 0 Å². The molecule has 0 saturated heterocycles. The molecule has 7 rings (SSSR count). The van der Waals surface area contributed by atoms with Gasteiger partial charge in [0.15, 0.2) is 34.8 Å². The van der Waals surface area contributed by atoms with E-state index < -0.39 is 23.0 Å². The van der Waals surface area contributed by atoms with Gasteiger partial charge in [-0.15, -0.1) is 0 Å². The van der Waals surface area contributed by atoms with Crippen LogP contribution in [0.1, 0.15) is 87.1 Å². The van der Waals surface area contributed by atoms with Crippen LogP contribution in [0.2, 0.25) is 0 Å². The Hall–Kier alpha value is -8.38. The lowest BCUT2D eigenvalue weighted by atomic mass is 10.1. The second-order valence-electron chi connectivity index (χ2n) is 20.8. The molecule has 1 saturated carbocycles. The quantitative estimate of drug-likeness (QED) is 0.0405. The Balaban J connectivity index is 0.000000217. The summed E-state index contributed by atoms with van der Waals surface area (Å²) in [6, 6.07) is 17.7. The fraction of sp³-hybridized carbons (Fsp3) is 0.389. The Bertz CT molecular complexity index is 3000. The molecule has 78 heavy (non-hydrogen) atoms. The van der Waals surface area contributed by atoms with E-state index in [1.54, 1.807) is 80.7 Å². The molecule has 1 atom stereocenters. The zero-order valence-corrected chi connectivity index (χ0v) is 45.6. The second-order valence-corrected chi connectivity index (χ2v) is 20.8. The Labute approximate surface area is 451 Å². The molecule has 418 valence electrons. The highest BCUT2D eigenvalue weighted by atomic mass is 19.1. The molecule has 0 bridgehead atoms. The molecular weight excluding hydrogens is 1010 g/mol. The lowest BCUT2D eigenvalue weighted by Crippen LogP contribution is -2.43. The molecule has 1 aliphatic rings. The van der Waals surface area contributed by atoms with Gasteiger partial charge in [-0.05, 0) is 142 Å². The highest BCUT2D eigenvalue weighted by Gasteiger charge is 2.30. The molecule has 1 fully saturated rings. The van der Waals surface area contributed by atoms with E-state index in [2.05, 4.69) is 77.8 Å². The number of aromatic nitrogens is 6. The first kappa shape index (κ1) is 60.5. The zero-order chi connectivity index (χ0) is 57.4. The number of rotatable bonds is 17. The van der Waals surface area contributed by atoms with Crippen LogP contribution in [0, 0.1) is 30.3 Å². The highest BCUT2D eigenvalue weighted by molar-refractivity contribution is 5.93. The van der Waals surface area contributed by atoms with Gasteiger partial charge in [-0.3, -0.25) is 10.1 Å². The average molecular weight is 1080 g/mol. The van der Waals surface area contributed by atoms with E-state index in [0.29, 0.717) is 40.4 Å². The number of aliphatic hydroxyl groups excluding tert-OH is 2. The van der Waals surface area contributed by atoms with Crippen LogP contribution in [0.4, 0.5) is 75.0 Å². The van der Waals surface area contributed by atoms with Gasteiger partial charge in [-0.1, -0.05) is 19.1 Å². The Morgan fingerprint density at radius 2 is 1.18 bits per heavy atom. The summed E-state index contributed by atoms with van der Waals surface area (Å²) in [5.74, 6) is -0.891. The van der Waals surface area contributed by atoms with Gasteiger partial charge >= 0.3 is 12.1 Å². The predicted octanol–water partition coefficient (Wildman–Crippen LogP) is 9.87. The molecule has 24 heteroatoms. The Kier molecular flexibility index (Phi) is 21.0. The molecule has 0 radical (unpaired) electrons. The average Bonchev–Trinajstić information content (AvgIpc) is 4.22. The van der Waals surface area contributed by atoms with Crippen LogP contribution >= 0.6 is 0 Å². The lowest BCUT2D eigenvalue weighted by molar-refractivity contribution is -0.117. The highest BCUT2D eigenvalue weighted by Crippen LogP contribution is 2.31. The summed E-state index contributed by atoms with van der Waals surface area (Å²) >= 11 is 0. The van der Waals surface area contributed by atoms with Crippen molar-refractivity contribution < 1.29 is 42.5 Å². The van der Waals surface area contributed by atoms with E-state index in [9.17, 15) is 37.8 Å². The number of halogens is 3. The molecule has 5 amide bonds. The third-order valence-corrected chi connectivity index (χ3v) is 10.7. The fourth-order valence-electron chi connectivity index (χ4n) is 6.65. The minimum atomic E-state index is -0.739. The number of ether oxygens (including phenoxy) is 1. The number of hydrogen-bond donors (Lipinski definition) is 11. The van der Waals surface area contributed by atoms with Crippen molar-refractivity contribution in [2.75, 3.05) is 57.5 Å². The van der Waals surface area contributed by atoms with Crippen molar-refractivity contribution in [2.45, 2.75) is 111 Å². The fourth-order valence-corrected chi connectivity index (χ4v) is 6.65. The number of urea groups is 2. The van der Waals surface area contributed by atoms with Crippen molar-refractivity contribution in [3.63, 3.8) is 0 Å². The van der Waals surface area contributed by atoms with E-state index in [4.69, 9.17) is 4.74 Å². The summed E-state index contributed by atoms with van der Waals surface area (Å²) < 4.78 is 46.7. The van der Waals surface area contributed by atoms with Crippen molar-refractivity contribution >= 4 is 70.2 Å². The van der Waals surface area contributed by atoms with Crippen molar-refractivity contribution in [3.05, 3.63) is 108 Å². The third-order valence-electron chi connectivity index (χ3n) is 10.7. The number of anilines is 9. The van der Waals surface area contributed by atoms with Crippen LogP contribution in [-0.4, -0.2) is 101 Å². The third kappa shape index (κ3) is 20.0. The van der Waals surface area contributed by atoms with Gasteiger partial charge < -0.3 is 57.5 Å². The van der Waals surface area contributed by atoms with Crippen LogP contribution in [0.25, 0.3) is 11.3 Å². The number of nitrogens with zero attached hydrogens (tertiary/aromatic N) is 6. The molecule has 1 aliphatic carbocycles. The number of aryl methyl sites for hydroxylation is 1.